The molecule has 10 heteroatoms. The SMILES string of the molecule is OCCCCOC1=C(OCCCCO)C(F)(F)C(F)(F)C1(F)F. The van der Waals surface area contributed by atoms with Crippen LogP contribution >= 0.6 is 0 Å². The van der Waals surface area contributed by atoms with E-state index in [9.17, 15) is 26.3 Å². The van der Waals surface area contributed by atoms with Crippen molar-refractivity contribution in [3.8, 4) is 0 Å². The van der Waals surface area contributed by atoms with Crippen molar-refractivity contribution < 1.29 is 46.0 Å². The first-order valence-electron chi connectivity index (χ1n) is 7.00. The predicted molar refractivity (Wildman–Crippen MR) is 66.4 cm³/mol. The van der Waals surface area contributed by atoms with Crippen molar-refractivity contribution in [1.29, 1.82) is 0 Å². The number of alkyl halides is 6. The first-order valence-corrected chi connectivity index (χ1v) is 7.00. The van der Waals surface area contributed by atoms with E-state index in [1.54, 1.807) is 0 Å². The van der Waals surface area contributed by atoms with Crippen LogP contribution in [-0.2, 0) is 9.47 Å². The van der Waals surface area contributed by atoms with E-state index in [-0.39, 0.29) is 38.9 Å². The molecule has 0 aliphatic heterocycles. The van der Waals surface area contributed by atoms with Crippen LogP contribution in [0.15, 0.2) is 11.5 Å². The Kier molecular flexibility index (Phi) is 6.58. The number of aliphatic hydroxyl groups is 2. The fourth-order valence-corrected chi connectivity index (χ4v) is 1.86. The molecule has 23 heavy (non-hydrogen) atoms. The average Bonchev–Trinajstić information content (AvgIpc) is 2.56. The number of unbranched alkanes of at least 4 members (excludes halogenated alkanes) is 2. The molecule has 1 rings (SSSR count). The van der Waals surface area contributed by atoms with Crippen molar-refractivity contribution in [3.63, 3.8) is 0 Å². The van der Waals surface area contributed by atoms with E-state index in [1.807, 2.05) is 0 Å². The number of hydrogen-bond donors (Lipinski definition) is 2. The smallest absolute Gasteiger partial charge is 0.387 e. The fraction of sp³-hybridized carbons (Fsp3) is 0.846. The van der Waals surface area contributed by atoms with Gasteiger partial charge in [-0.2, -0.15) is 26.3 Å². The van der Waals surface area contributed by atoms with Gasteiger partial charge in [0.1, 0.15) is 0 Å². The highest BCUT2D eigenvalue weighted by Gasteiger charge is 2.83. The summed E-state index contributed by atoms with van der Waals surface area (Å²) >= 11 is 0. The monoisotopic (exact) mass is 352 g/mol. The Morgan fingerprint density at radius 1 is 0.652 bits per heavy atom. The summed E-state index contributed by atoms with van der Waals surface area (Å²) in [7, 11) is 0. The summed E-state index contributed by atoms with van der Waals surface area (Å²) < 4.78 is 90.2. The van der Waals surface area contributed by atoms with E-state index in [0.29, 0.717) is 0 Å². The summed E-state index contributed by atoms with van der Waals surface area (Å²) in [4.78, 5) is 0. The predicted octanol–water partition coefficient (Wildman–Crippen LogP) is 2.70. The highest BCUT2D eigenvalue weighted by molar-refractivity contribution is 5.34. The number of allylic oxidation sites excluding steroid dienone is 2. The molecule has 0 bridgehead atoms. The third kappa shape index (κ3) is 3.68. The summed E-state index contributed by atoms with van der Waals surface area (Å²) in [5.41, 5.74) is 0. The molecule has 0 radical (unpaired) electrons. The Morgan fingerprint density at radius 3 is 1.30 bits per heavy atom. The van der Waals surface area contributed by atoms with E-state index in [4.69, 9.17) is 10.2 Å². The van der Waals surface area contributed by atoms with Gasteiger partial charge in [-0.05, 0) is 25.7 Å². The minimum Gasteiger partial charge on any atom is -0.488 e. The minimum atomic E-state index is -5.67. The number of aliphatic hydroxyl groups excluding tert-OH is 2. The molecule has 0 saturated carbocycles. The summed E-state index contributed by atoms with van der Waals surface area (Å²) in [6.07, 6.45) is 0.312. The second-order valence-electron chi connectivity index (χ2n) is 4.94. The molecule has 0 amide bonds. The van der Waals surface area contributed by atoms with Crippen molar-refractivity contribution in [3.05, 3.63) is 11.5 Å². The van der Waals surface area contributed by atoms with Crippen LogP contribution < -0.4 is 0 Å². The second kappa shape index (κ2) is 7.61. The highest BCUT2D eigenvalue weighted by Crippen LogP contribution is 2.59. The zero-order valence-electron chi connectivity index (χ0n) is 12.1. The van der Waals surface area contributed by atoms with Gasteiger partial charge in [-0.25, -0.2) is 0 Å². The van der Waals surface area contributed by atoms with E-state index in [2.05, 4.69) is 9.47 Å². The zero-order chi connectivity index (χ0) is 17.7. The molecule has 0 heterocycles. The molecule has 0 atom stereocenters. The lowest BCUT2D eigenvalue weighted by Gasteiger charge is -2.24. The maximum Gasteiger partial charge on any atom is 0.387 e. The standard InChI is InChI=1S/C13H18F6O4/c14-11(15)9(22-7-3-1-5-20)10(23-8-4-2-6-21)12(16,17)13(11,18)19/h20-21H,1-8H2. The molecule has 0 aromatic rings. The molecular formula is C13H18F6O4. The maximum atomic E-state index is 13.6. The number of halogens is 6. The van der Waals surface area contributed by atoms with Gasteiger partial charge in [0.15, 0.2) is 0 Å². The van der Waals surface area contributed by atoms with Gasteiger partial charge in [0.05, 0.1) is 13.2 Å². The molecule has 0 saturated heterocycles. The van der Waals surface area contributed by atoms with E-state index >= 15 is 0 Å². The van der Waals surface area contributed by atoms with Gasteiger partial charge in [-0.3, -0.25) is 0 Å². The summed E-state index contributed by atoms with van der Waals surface area (Å²) in [6, 6.07) is 0. The molecule has 0 unspecified atom stereocenters. The molecule has 0 aromatic heterocycles. The Bertz CT molecular complexity index is 389. The molecule has 1 aliphatic rings. The normalized spacial score (nSPS) is 21.6. The van der Waals surface area contributed by atoms with Crippen LogP contribution in [0, 0.1) is 0 Å². The van der Waals surface area contributed by atoms with Crippen LogP contribution in [0.4, 0.5) is 26.3 Å². The van der Waals surface area contributed by atoms with Crippen molar-refractivity contribution in [2.75, 3.05) is 26.4 Å². The van der Waals surface area contributed by atoms with E-state index in [0.717, 1.165) is 0 Å². The third-order valence-corrected chi connectivity index (χ3v) is 3.16. The molecule has 0 fully saturated rings. The van der Waals surface area contributed by atoms with Gasteiger partial charge in [0, 0.05) is 13.2 Å². The highest BCUT2D eigenvalue weighted by atomic mass is 19.3. The van der Waals surface area contributed by atoms with Gasteiger partial charge < -0.3 is 19.7 Å². The van der Waals surface area contributed by atoms with Crippen molar-refractivity contribution >= 4 is 0 Å². The largest absolute Gasteiger partial charge is 0.488 e. The first kappa shape index (κ1) is 19.9. The molecule has 0 aromatic carbocycles. The van der Waals surface area contributed by atoms with Crippen molar-refractivity contribution in [2.24, 2.45) is 0 Å². The third-order valence-electron chi connectivity index (χ3n) is 3.16. The zero-order valence-corrected chi connectivity index (χ0v) is 12.1. The number of ether oxygens (including phenoxy) is 2. The lowest BCUT2D eigenvalue weighted by atomic mass is 10.1. The lowest BCUT2D eigenvalue weighted by Crippen LogP contribution is -2.49. The second-order valence-corrected chi connectivity index (χ2v) is 4.94. The molecule has 4 nitrogen and oxygen atoms in total. The number of rotatable bonds is 10. The van der Waals surface area contributed by atoms with Gasteiger partial charge in [0.25, 0.3) is 0 Å². The quantitative estimate of drug-likeness (QED) is 0.469. The van der Waals surface area contributed by atoms with Gasteiger partial charge >= 0.3 is 17.8 Å². The topological polar surface area (TPSA) is 58.9 Å². The summed E-state index contributed by atoms with van der Waals surface area (Å²) in [5.74, 6) is -19.8. The van der Waals surface area contributed by atoms with Crippen LogP contribution in [-0.4, -0.2) is 54.4 Å². The Morgan fingerprint density at radius 2 is 1.00 bits per heavy atom. The molecule has 2 N–H and O–H groups in total. The van der Waals surface area contributed by atoms with Crippen LogP contribution in [0.1, 0.15) is 25.7 Å². The van der Waals surface area contributed by atoms with Gasteiger partial charge in [-0.1, -0.05) is 0 Å². The summed E-state index contributed by atoms with van der Waals surface area (Å²) in [6.45, 7) is -1.65. The van der Waals surface area contributed by atoms with Crippen molar-refractivity contribution in [2.45, 2.75) is 43.5 Å². The van der Waals surface area contributed by atoms with Crippen LogP contribution in [0.2, 0.25) is 0 Å². The van der Waals surface area contributed by atoms with Gasteiger partial charge in [0.2, 0.25) is 11.5 Å². The molecule has 0 spiro atoms. The van der Waals surface area contributed by atoms with E-state index < -0.39 is 42.5 Å². The molecule has 1 aliphatic carbocycles. The molecular weight excluding hydrogens is 334 g/mol. The average molecular weight is 352 g/mol. The lowest BCUT2D eigenvalue weighted by molar-refractivity contribution is -0.276. The van der Waals surface area contributed by atoms with Crippen LogP contribution in [0.3, 0.4) is 0 Å². The Labute approximate surface area is 128 Å². The van der Waals surface area contributed by atoms with Crippen LogP contribution in [0.5, 0.6) is 0 Å². The first-order chi connectivity index (χ1) is 10.6. The number of hydrogen-bond acceptors (Lipinski definition) is 4. The summed E-state index contributed by atoms with van der Waals surface area (Å²) in [5, 5.41) is 17.1. The fourth-order valence-electron chi connectivity index (χ4n) is 1.86. The van der Waals surface area contributed by atoms with Crippen LogP contribution in [0.25, 0.3) is 0 Å². The Balaban J connectivity index is 2.98. The molecule has 136 valence electrons. The van der Waals surface area contributed by atoms with Crippen molar-refractivity contribution in [1.82, 2.24) is 0 Å². The van der Waals surface area contributed by atoms with E-state index in [1.165, 1.54) is 0 Å². The van der Waals surface area contributed by atoms with Gasteiger partial charge in [-0.15, -0.1) is 0 Å². The Hall–Kier alpha value is -1.16. The minimum absolute atomic E-state index is 0.0189. The maximum absolute atomic E-state index is 13.6.